The lowest BCUT2D eigenvalue weighted by molar-refractivity contribution is -0.141. The molecule has 4 nitrogen and oxygen atoms in total. The minimum absolute atomic E-state index is 0.387. The Labute approximate surface area is 71.7 Å². The molecule has 0 aromatic heterocycles. The van der Waals surface area contributed by atoms with Gasteiger partial charge in [0, 0.05) is 0 Å². The molecule has 0 fully saturated rings. The highest BCUT2D eigenvalue weighted by molar-refractivity contribution is 5.73. The Bertz CT molecular complexity index is 168. The average molecular weight is 173 g/mol. The fourth-order valence-corrected chi connectivity index (χ4v) is 0.778. The van der Waals surface area contributed by atoms with Crippen LogP contribution in [0.15, 0.2) is 12.2 Å². The quantitative estimate of drug-likeness (QED) is 0.515. The van der Waals surface area contributed by atoms with Crippen LogP contribution in [0.25, 0.3) is 0 Å². The highest BCUT2D eigenvalue weighted by atomic mass is 16.4. The fourth-order valence-electron chi connectivity index (χ4n) is 0.778. The molecule has 0 aromatic rings. The molecule has 2 unspecified atom stereocenters. The second kappa shape index (κ2) is 5.74. The summed E-state index contributed by atoms with van der Waals surface area (Å²) in [5, 5.41) is 17.6. The predicted octanol–water partition coefficient (Wildman–Crippen LogP) is 0.116. The predicted molar refractivity (Wildman–Crippen MR) is 45.7 cm³/mol. The number of aliphatic hydroxyl groups is 1. The number of hydrogen-bond donors (Lipinski definition) is 3. The Balaban J connectivity index is 3.71. The molecule has 0 aliphatic rings. The van der Waals surface area contributed by atoms with Crippen LogP contribution in [0.2, 0.25) is 0 Å². The zero-order valence-electron chi connectivity index (χ0n) is 7.10. The van der Waals surface area contributed by atoms with Gasteiger partial charge in [-0.05, 0) is 19.8 Å². The third kappa shape index (κ3) is 4.10. The van der Waals surface area contributed by atoms with Crippen molar-refractivity contribution < 1.29 is 15.0 Å². The molecule has 0 amide bonds. The van der Waals surface area contributed by atoms with Crippen molar-refractivity contribution in [3.05, 3.63) is 12.2 Å². The Hall–Kier alpha value is -0.870. The van der Waals surface area contributed by atoms with Crippen molar-refractivity contribution >= 4 is 5.97 Å². The van der Waals surface area contributed by atoms with E-state index in [2.05, 4.69) is 0 Å². The van der Waals surface area contributed by atoms with Gasteiger partial charge in [0.05, 0.1) is 6.10 Å². The number of carboxylic acids is 1. The minimum Gasteiger partial charge on any atom is -0.480 e. The molecule has 0 rings (SSSR count). The third-order valence-electron chi connectivity index (χ3n) is 1.56. The van der Waals surface area contributed by atoms with Crippen LogP contribution >= 0.6 is 0 Å². The van der Waals surface area contributed by atoms with Crippen molar-refractivity contribution in [1.82, 2.24) is 0 Å². The first-order valence-electron chi connectivity index (χ1n) is 3.87. The van der Waals surface area contributed by atoms with Crippen LogP contribution in [-0.2, 0) is 4.79 Å². The van der Waals surface area contributed by atoms with Crippen LogP contribution < -0.4 is 5.73 Å². The second-order valence-electron chi connectivity index (χ2n) is 2.58. The number of hydrogen-bond acceptors (Lipinski definition) is 3. The molecule has 4 heteroatoms. The van der Waals surface area contributed by atoms with E-state index >= 15 is 0 Å². The normalized spacial score (nSPS) is 16.2. The summed E-state index contributed by atoms with van der Waals surface area (Å²) < 4.78 is 0. The Morgan fingerprint density at radius 1 is 1.67 bits per heavy atom. The van der Waals surface area contributed by atoms with Crippen LogP contribution in [-0.4, -0.2) is 28.3 Å². The van der Waals surface area contributed by atoms with Crippen molar-refractivity contribution in [2.75, 3.05) is 0 Å². The summed E-state index contributed by atoms with van der Waals surface area (Å²) >= 11 is 0. The first-order chi connectivity index (χ1) is 5.59. The van der Waals surface area contributed by atoms with Crippen LogP contribution in [0.4, 0.5) is 0 Å². The van der Waals surface area contributed by atoms with Crippen molar-refractivity contribution in [3.8, 4) is 0 Å². The highest BCUT2D eigenvalue weighted by Crippen LogP contribution is 2.01. The molecule has 2 atom stereocenters. The number of nitrogens with two attached hydrogens (primary N) is 1. The lowest BCUT2D eigenvalue weighted by Gasteiger charge is -2.12. The summed E-state index contributed by atoms with van der Waals surface area (Å²) in [7, 11) is 0. The van der Waals surface area contributed by atoms with Crippen LogP contribution in [0.3, 0.4) is 0 Å². The molecular formula is C8H15NO3. The fraction of sp³-hybridized carbons (Fsp3) is 0.625. The van der Waals surface area contributed by atoms with Crippen molar-refractivity contribution in [2.45, 2.75) is 31.9 Å². The van der Waals surface area contributed by atoms with Gasteiger partial charge in [-0.1, -0.05) is 12.2 Å². The summed E-state index contributed by atoms with van der Waals surface area (Å²) in [6.07, 6.45) is 3.78. The van der Waals surface area contributed by atoms with E-state index in [9.17, 15) is 9.90 Å². The highest BCUT2D eigenvalue weighted by Gasteiger charge is 2.20. The van der Waals surface area contributed by atoms with Crippen molar-refractivity contribution in [2.24, 2.45) is 5.73 Å². The largest absolute Gasteiger partial charge is 0.480 e. The average Bonchev–Trinajstić information content (AvgIpc) is 2.03. The van der Waals surface area contributed by atoms with Crippen molar-refractivity contribution in [1.29, 1.82) is 0 Å². The monoisotopic (exact) mass is 173 g/mol. The summed E-state index contributed by atoms with van der Waals surface area (Å²) in [5.41, 5.74) is 5.17. The number of aliphatic carboxylic acids is 1. The number of rotatable bonds is 5. The van der Waals surface area contributed by atoms with Crippen LogP contribution in [0, 0.1) is 0 Å². The van der Waals surface area contributed by atoms with E-state index in [1.165, 1.54) is 0 Å². The Kier molecular flexibility index (Phi) is 5.32. The molecule has 0 bridgehead atoms. The first-order valence-corrected chi connectivity index (χ1v) is 3.87. The molecule has 4 N–H and O–H groups in total. The maximum Gasteiger partial charge on any atom is 0.323 e. The molecule has 70 valence electrons. The topological polar surface area (TPSA) is 83.5 Å². The van der Waals surface area contributed by atoms with Gasteiger partial charge in [0.25, 0.3) is 0 Å². The molecule has 0 heterocycles. The number of aliphatic hydroxyl groups excluding tert-OH is 1. The smallest absolute Gasteiger partial charge is 0.323 e. The standard InChI is InChI=1S/C8H15NO3/c1-2-3-4-5-6(10)7(9)8(11)12/h2-3,6-7,10H,4-5,9H2,1H3,(H,11,12). The maximum atomic E-state index is 10.3. The number of carboxylic acid groups (broad SMARTS) is 1. The van der Waals surface area contributed by atoms with Gasteiger partial charge >= 0.3 is 5.97 Å². The molecule has 0 saturated heterocycles. The zero-order valence-corrected chi connectivity index (χ0v) is 7.10. The molecule has 12 heavy (non-hydrogen) atoms. The lowest BCUT2D eigenvalue weighted by Crippen LogP contribution is -2.41. The molecule has 0 radical (unpaired) electrons. The van der Waals surface area contributed by atoms with Gasteiger partial charge in [0.2, 0.25) is 0 Å². The van der Waals surface area contributed by atoms with Gasteiger partial charge < -0.3 is 15.9 Å². The molecule has 0 spiro atoms. The van der Waals surface area contributed by atoms with Gasteiger partial charge in [-0.25, -0.2) is 0 Å². The van der Waals surface area contributed by atoms with Gasteiger partial charge in [-0.3, -0.25) is 4.79 Å². The summed E-state index contributed by atoms with van der Waals surface area (Å²) in [5.74, 6) is -1.16. The lowest BCUT2D eigenvalue weighted by atomic mass is 10.1. The first kappa shape index (κ1) is 11.1. The Morgan fingerprint density at radius 3 is 2.67 bits per heavy atom. The minimum atomic E-state index is -1.17. The van der Waals surface area contributed by atoms with E-state index in [4.69, 9.17) is 10.8 Å². The van der Waals surface area contributed by atoms with E-state index in [1.807, 2.05) is 19.1 Å². The van der Waals surface area contributed by atoms with Gasteiger partial charge in [-0.15, -0.1) is 0 Å². The second-order valence-corrected chi connectivity index (χ2v) is 2.58. The molecule has 0 aromatic carbocycles. The van der Waals surface area contributed by atoms with E-state index in [1.54, 1.807) is 0 Å². The molecule has 0 saturated carbocycles. The number of carbonyl (C=O) groups is 1. The van der Waals surface area contributed by atoms with E-state index in [-0.39, 0.29) is 0 Å². The van der Waals surface area contributed by atoms with E-state index in [0.29, 0.717) is 12.8 Å². The van der Waals surface area contributed by atoms with Gasteiger partial charge in [0.15, 0.2) is 0 Å². The van der Waals surface area contributed by atoms with Crippen molar-refractivity contribution in [3.63, 3.8) is 0 Å². The van der Waals surface area contributed by atoms with E-state index in [0.717, 1.165) is 0 Å². The molecule has 0 aliphatic carbocycles. The summed E-state index contributed by atoms with van der Waals surface area (Å²) in [4.78, 5) is 10.3. The summed E-state index contributed by atoms with van der Waals surface area (Å²) in [6, 6.07) is -1.17. The zero-order chi connectivity index (χ0) is 9.56. The van der Waals surface area contributed by atoms with Gasteiger partial charge in [-0.2, -0.15) is 0 Å². The SMILES string of the molecule is CC=CCCC(O)C(N)C(=O)O. The summed E-state index contributed by atoms with van der Waals surface area (Å²) in [6.45, 7) is 1.86. The number of allylic oxidation sites excluding steroid dienone is 2. The van der Waals surface area contributed by atoms with Crippen LogP contribution in [0.1, 0.15) is 19.8 Å². The van der Waals surface area contributed by atoms with Crippen LogP contribution in [0.5, 0.6) is 0 Å². The third-order valence-corrected chi connectivity index (χ3v) is 1.56. The maximum absolute atomic E-state index is 10.3. The van der Waals surface area contributed by atoms with Gasteiger partial charge in [0.1, 0.15) is 6.04 Å². The molecule has 0 aliphatic heterocycles. The molecular weight excluding hydrogens is 158 g/mol. The Morgan fingerprint density at radius 2 is 2.25 bits per heavy atom. The van der Waals surface area contributed by atoms with E-state index < -0.39 is 18.1 Å².